The Hall–Kier alpha value is -1.23. The molecular weight excluding hydrogens is 274 g/mol. The summed E-state index contributed by atoms with van der Waals surface area (Å²) >= 11 is 2.85. The van der Waals surface area contributed by atoms with Crippen LogP contribution in [0, 0.1) is 10.1 Å². The van der Waals surface area contributed by atoms with Gasteiger partial charge in [-0.1, -0.05) is 18.2 Å². The molecule has 1 aromatic carbocycles. The van der Waals surface area contributed by atoms with Crippen molar-refractivity contribution in [2.75, 3.05) is 0 Å². The van der Waals surface area contributed by atoms with Gasteiger partial charge in [-0.05, 0) is 35.2 Å². The fourth-order valence-electron chi connectivity index (χ4n) is 1.48. The Morgan fingerprint density at radius 3 is 2.62 bits per heavy atom. The molecule has 0 atom stereocenters. The van der Waals surface area contributed by atoms with E-state index in [1.54, 1.807) is 18.2 Å². The number of halogens is 1. The van der Waals surface area contributed by atoms with Gasteiger partial charge in [0.15, 0.2) is 4.69 Å². The molecule has 0 aromatic heterocycles. The lowest BCUT2D eigenvalue weighted by Crippen LogP contribution is -1.96. The Morgan fingerprint density at radius 2 is 2.00 bits per heavy atom. The number of carbonyl (C=O) groups is 1. The summed E-state index contributed by atoms with van der Waals surface area (Å²) in [5.41, 5.74) is 0.891. The van der Waals surface area contributed by atoms with Crippen molar-refractivity contribution in [3.63, 3.8) is 0 Å². The first kappa shape index (κ1) is 12.8. The van der Waals surface area contributed by atoms with Crippen LogP contribution in [0.2, 0.25) is 0 Å². The van der Waals surface area contributed by atoms with Gasteiger partial charge in [0, 0.05) is 18.1 Å². The van der Waals surface area contributed by atoms with Gasteiger partial charge in [0.2, 0.25) is 0 Å². The van der Waals surface area contributed by atoms with Crippen LogP contribution in [-0.4, -0.2) is 9.62 Å². The smallest absolute Gasteiger partial charge is 0.272 e. The molecule has 0 heterocycles. The molecule has 0 aliphatic rings. The molecule has 16 heavy (non-hydrogen) atoms. The van der Waals surface area contributed by atoms with Crippen LogP contribution in [-0.2, 0) is 11.2 Å². The number of rotatable bonds is 6. The van der Waals surface area contributed by atoms with Gasteiger partial charge in [0.1, 0.15) is 0 Å². The first-order valence-electron chi connectivity index (χ1n) is 5.02. The average molecular weight is 286 g/mol. The summed E-state index contributed by atoms with van der Waals surface area (Å²) in [5, 5.41) is 10.7. The molecule has 0 N–H and O–H groups in total. The van der Waals surface area contributed by atoms with Gasteiger partial charge in [-0.3, -0.25) is 14.9 Å². The maximum atomic E-state index is 10.7. The topological polar surface area (TPSA) is 60.2 Å². The van der Waals surface area contributed by atoms with Crippen molar-refractivity contribution in [1.82, 2.24) is 0 Å². The Bertz CT molecular complexity index is 393. The zero-order valence-electron chi connectivity index (χ0n) is 8.69. The maximum Gasteiger partial charge on any atom is 0.272 e. The highest BCUT2D eigenvalue weighted by molar-refractivity contribution is 9.18. The van der Waals surface area contributed by atoms with E-state index in [2.05, 4.69) is 15.9 Å². The lowest BCUT2D eigenvalue weighted by Gasteiger charge is -2.01. The number of hydrogen-bond donors (Lipinski definition) is 0. The normalized spacial score (nSPS) is 10.1. The van der Waals surface area contributed by atoms with Gasteiger partial charge in [0.05, 0.1) is 4.92 Å². The summed E-state index contributed by atoms with van der Waals surface area (Å²) in [6, 6.07) is 6.71. The number of hydrogen-bond acceptors (Lipinski definition) is 3. The van der Waals surface area contributed by atoms with Crippen molar-refractivity contribution in [2.45, 2.75) is 25.7 Å². The zero-order valence-corrected chi connectivity index (χ0v) is 10.3. The number of benzene rings is 1. The van der Waals surface area contributed by atoms with E-state index >= 15 is 0 Å². The van der Waals surface area contributed by atoms with Crippen LogP contribution in [0.5, 0.6) is 0 Å². The number of unbranched alkanes of at least 4 members (excludes halogenated alkanes) is 1. The number of nitro benzene ring substituents is 1. The highest BCUT2D eigenvalue weighted by atomic mass is 79.9. The van der Waals surface area contributed by atoms with Crippen molar-refractivity contribution in [1.29, 1.82) is 0 Å². The van der Waals surface area contributed by atoms with Crippen molar-refractivity contribution >= 4 is 26.3 Å². The van der Waals surface area contributed by atoms with Gasteiger partial charge in [-0.2, -0.15) is 0 Å². The molecule has 0 saturated carbocycles. The second kappa shape index (κ2) is 6.37. The molecule has 1 rings (SSSR count). The average Bonchev–Trinajstić information content (AvgIpc) is 2.24. The van der Waals surface area contributed by atoms with E-state index in [-0.39, 0.29) is 15.3 Å². The predicted molar refractivity (Wildman–Crippen MR) is 64.6 cm³/mol. The molecule has 0 unspecified atom stereocenters. The third kappa shape index (κ3) is 4.10. The summed E-state index contributed by atoms with van der Waals surface area (Å²) in [6.07, 6.45) is 2.64. The van der Waals surface area contributed by atoms with Crippen molar-refractivity contribution in [2.24, 2.45) is 0 Å². The standard InChI is InChI=1S/C11H12BrNO3/c12-11(14)8-4-2-6-9-5-1-3-7-10(9)13(15)16/h1,3,5,7H,2,4,6,8H2. The van der Waals surface area contributed by atoms with Crippen molar-refractivity contribution in [3.05, 3.63) is 39.9 Å². The third-order valence-corrected chi connectivity index (χ3v) is 2.65. The predicted octanol–water partition coefficient (Wildman–Crippen LogP) is 3.23. The molecule has 5 heteroatoms. The molecular formula is C11H12BrNO3. The third-order valence-electron chi connectivity index (χ3n) is 2.26. The van der Waals surface area contributed by atoms with Crippen LogP contribution in [0.25, 0.3) is 0 Å². The minimum atomic E-state index is -0.370. The lowest BCUT2D eigenvalue weighted by atomic mass is 10.1. The summed E-state index contributed by atoms with van der Waals surface area (Å²) in [5.74, 6) is 0. The molecule has 0 bridgehead atoms. The Kier molecular flexibility index (Phi) is 5.11. The lowest BCUT2D eigenvalue weighted by molar-refractivity contribution is -0.385. The SMILES string of the molecule is O=C(Br)CCCCc1ccccc1[N+](=O)[O-]. The monoisotopic (exact) mass is 285 g/mol. The highest BCUT2D eigenvalue weighted by Crippen LogP contribution is 2.20. The quantitative estimate of drug-likeness (QED) is 0.349. The van der Waals surface area contributed by atoms with Gasteiger partial charge in [0.25, 0.3) is 5.69 Å². The fraction of sp³-hybridized carbons (Fsp3) is 0.364. The molecule has 0 spiro atoms. The molecule has 0 aliphatic heterocycles. The van der Waals surface area contributed by atoms with E-state index in [1.165, 1.54) is 6.07 Å². The summed E-state index contributed by atoms with van der Waals surface area (Å²) in [4.78, 5) is 21.0. The zero-order chi connectivity index (χ0) is 12.0. The Labute approximate surface area is 102 Å². The van der Waals surface area contributed by atoms with Gasteiger partial charge >= 0.3 is 0 Å². The van der Waals surface area contributed by atoms with E-state index in [0.717, 1.165) is 18.4 Å². The number of carbonyl (C=O) groups excluding carboxylic acids is 1. The number of para-hydroxylation sites is 1. The van der Waals surface area contributed by atoms with Gasteiger partial charge in [-0.15, -0.1) is 0 Å². The second-order valence-electron chi connectivity index (χ2n) is 3.45. The Morgan fingerprint density at radius 1 is 1.31 bits per heavy atom. The fourth-order valence-corrected chi connectivity index (χ4v) is 1.76. The van der Waals surface area contributed by atoms with Crippen molar-refractivity contribution < 1.29 is 9.72 Å². The highest BCUT2D eigenvalue weighted by Gasteiger charge is 2.11. The van der Waals surface area contributed by atoms with Crippen molar-refractivity contribution in [3.8, 4) is 0 Å². The van der Waals surface area contributed by atoms with Gasteiger partial charge < -0.3 is 0 Å². The van der Waals surface area contributed by atoms with E-state index in [4.69, 9.17) is 0 Å². The van der Waals surface area contributed by atoms with E-state index in [0.29, 0.717) is 12.8 Å². The maximum absolute atomic E-state index is 10.7. The molecule has 4 nitrogen and oxygen atoms in total. The van der Waals surface area contributed by atoms with Crippen LogP contribution in [0.4, 0.5) is 5.69 Å². The first-order valence-corrected chi connectivity index (χ1v) is 5.81. The van der Waals surface area contributed by atoms with Gasteiger partial charge in [-0.25, -0.2) is 0 Å². The molecule has 86 valence electrons. The number of aryl methyl sites for hydroxylation is 1. The Balaban J connectivity index is 2.53. The minimum Gasteiger partial charge on any atom is -0.287 e. The van der Waals surface area contributed by atoms with Crippen LogP contribution in [0.1, 0.15) is 24.8 Å². The largest absolute Gasteiger partial charge is 0.287 e. The van der Waals surface area contributed by atoms with Crippen LogP contribution < -0.4 is 0 Å². The molecule has 0 radical (unpaired) electrons. The van der Waals surface area contributed by atoms with Crippen LogP contribution >= 0.6 is 15.9 Å². The van der Waals surface area contributed by atoms with E-state index < -0.39 is 0 Å². The van der Waals surface area contributed by atoms with Crippen LogP contribution in [0.15, 0.2) is 24.3 Å². The first-order chi connectivity index (χ1) is 7.61. The molecule has 0 aliphatic carbocycles. The molecule has 1 aromatic rings. The number of nitro groups is 1. The number of nitrogens with zero attached hydrogens (tertiary/aromatic N) is 1. The molecule has 0 saturated heterocycles. The summed E-state index contributed by atoms with van der Waals surface area (Å²) in [7, 11) is 0. The summed E-state index contributed by atoms with van der Waals surface area (Å²) < 4.78 is -0.0185. The van der Waals surface area contributed by atoms with E-state index in [9.17, 15) is 14.9 Å². The second-order valence-corrected chi connectivity index (χ2v) is 4.33. The van der Waals surface area contributed by atoms with E-state index in [1.807, 2.05) is 0 Å². The summed E-state index contributed by atoms with van der Waals surface area (Å²) in [6.45, 7) is 0. The minimum absolute atomic E-state index is 0.0185. The molecule has 0 fully saturated rings. The van der Waals surface area contributed by atoms with Crippen LogP contribution in [0.3, 0.4) is 0 Å². The molecule has 0 amide bonds.